The Kier molecular flexibility index (Phi) is 4.44. The maximum absolute atomic E-state index is 11.3. The molecule has 18 heavy (non-hydrogen) atoms. The van der Waals surface area contributed by atoms with Gasteiger partial charge in [-0.1, -0.05) is 11.6 Å². The molecule has 1 aliphatic heterocycles. The van der Waals surface area contributed by atoms with Crippen molar-refractivity contribution in [2.75, 3.05) is 25.0 Å². The number of carbonyl (C=O) groups excluding carboxylic acids is 1. The van der Waals surface area contributed by atoms with Crippen molar-refractivity contribution in [2.45, 2.75) is 12.8 Å². The summed E-state index contributed by atoms with van der Waals surface area (Å²) in [4.78, 5) is 11.3. The molecule has 1 unspecified atom stereocenters. The van der Waals surface area contributed by atoms with Crippen LogP contribution in [-0.4, -0.2) is 25.5 Å². The van der Waals surface area contributed by atoms with E-state index in [1.54, 1.807) is 18.2 Å². The van der Waals surface area contributed by atoms with Gasteiger partial charge >= 0.3 is 0 Å². The summed E-state index contributed by atoms with van der Waals surface area (Å²) in [6, 6.07) is 5.08. The Balaban J connectivity index is 2.03. The van der Waals surface area contributed by atoms with Crippen molar-refractivity contribution in [1.82, 2.24) is 5.32 Å². The highest BCUT2D eigenvalue weighted by atomic mass is 35.5. The van der Waals surface area contributed by atoms with Gasteiger partial charge in [0.1, 0.15) is 0 Å². The summed E-state index contributed by atoms with van der Waals surface area (Å²) in [5.41, 5.74) is 6.55. The lowest BCUT2D eigenvalue weighted by molar-refractivity contribution is 0.100. The maximum Gasteiger partial charge on any atom is 0.250 e. The molecule has 1 aromatic carbocycles. The van der Waals surface area contributed by atoms with Crippen molar-refractivity contribution in [3.8, 4) is 0 Å². The molecule has 0 spiro atoms. The predicted octanol–water partition coefficient (Wildman–Crippen LogP) is 1.85. The van der Waals surface area contributed by atoms with Gasteiger partial charge in [-0.25, -0.2) is 0 Å². The van der Waals surface area contributed by atoms with Crippen LogP contribution in [0.5, 0.6) is 0 Å². The number of hydrogen-bond donors (Lipinski definition) is 3. The third-order valence-corrected chi connectivity index (χ3v) is 3.46. The number of nitrogens with two attached hydrogens (primary N) is 1. The van der Waals surface area contributed by atoms with E-state index in [2.05, 4.69) is 10.6 Å². The smallest absolute Gasteiger partial charge is 0.250 e. The molecule has 98 valence electrons. The first-order valence-corrected chi connectivity index (χ1v) is 6.58. The Hall–Kier alpha value is -1.26. The van der Waals surface area contributed by atoms with E-state index in [1.807, 2.05) is 0 Å². The summed E-state index contributed by atoms with van der Waals surface area (Å²) in [7, 11) is 0. The molecule has 2 rings (SSSR count). The molecule has 1 atom stereocenters. The quantitative estimate of drug-likeness (QED) is 0.780. The van der Waals surface area contributed by atoms with Crippen LogP contribution in [0.1, 0.15) is 23.2 Å². The second kappa shape index (κ2) is 6.07. The van der Waals surface area contributed by atoms with Crippen LogP contribution in [0.15, 0.2) is 18.2 Å². The highest BCUT2D eigenvalue weighted by Crippen LogP contribution is 2.21. The number of anilines is 1. The normalized spacial score (nSPS) is 19.5. The summed E-state index contributed by atoms with van der Waals surface area (Å²) in [6.07, 6.45) is 2.40. The van der Waals surface area contributed by atoms with Gasteiger partial charge in [-0.3, -0.25) is 4.79 Å². The van der Waals surface area contributed by atoms with Crippen LogP contribution in [0.3, 0.4) is 0 Å². The zero-order valence-corrected chi connectivity index (χ0v) is 11.0. The molecule has 0 radical (unpaired) electrons. The molecule has 5 heteroatoms. The molecular formula is C13H18ClN3O. The van der Waals surface area contributed by atoms with Crippen molar-refractivity contribution in [2.24, 2.45) is 11.7 Å². The van der Waals surface area contributed by atoms with E-state index in [0.29, 0.717) is 16.5 Å². The van der Waals surface area contributed by atoms with Crippen LogP contribution < -0.4 is 16.4 Å². The predicted molar refractivity (Wildman–Crippen MR) is 74.1 cm³/mol. The van der Waals surface area contributed by atoms with Gasteiger partial charge in [-0.2, -0.15) is 0 Å². The number of carbonyl (C=O) groups is 1. The molecule has 0 aromatic heterocycles. The third-order valence-electron chi connectivity index (χ3n) is 3.23. The largest absolute Gasteiger partial charge is 0.384 e. The average molecular weight is 268 g/mol. The van der Waals surface area contributed by atoms with Gasteiger partial charge in [0.05, 0.1) is 5.56 Å². The zero-order chi connectivity index (χ0) is 13.0. The Bertz CT molecular complexity index is 430. The highest BCUT2D eigenvalue weighted by molar-refractivity contribution is 6.31. The van der Waals surface area contributed by atoms with Crippen LogP contribution in [0, 0.1) is 5.92 Å². The zero-order valence-electron chi connectivity index (χ0n) is 10.2. The lowest BCUT2D eigenvalue weighted by atomic mass is 9.99. The monoisotopic (exact) mass is 267 g/mol. The number of rotatable bonds is 4. The number of piperidine rings is 1. The van der Waals surface area contributed by atoms with Crippen molar-refractivity contribution in [1.29, 1.82) is 0 Å². The second-order valence-corrected chi connectivity index (χ2v) is 5.08. The molecule has 4 nitrogen and oxygen atoms in total. The molecule has 1 amide bonds. The number of halogens is 1. The molecule has 4 N–H and O–H groups in total. The Morgan fingerprint density at radius 1 is 1.56 bits per heavy atom. The van der Waals surface area contributed by atoms with Gasteiger partial charge < -0.3 is 16.4 Å². The van der Waals surface area contributed by atoms with E-state index in [1.165, 1.54) is 12.8 Å². The van der Waals surface area contributed by atoms with E-state index in [4.69, 9.17) is 17.3 Å². The first-order valence-electron chi connectivity index (χ1n) is 6.21. The lowest BCUT2D eigenvalue weighted by Gasteiger charge is -2.23. The van der Waals surface area contributed by atoms with E-state index < -0.39 is 5.91 Å². The van der Waals surface area contributed by atoms with Crippen LogP contribution in [0.4, 0.5) is 5.69 Å². The molecule has 0 aliphatic carbocycles. The minimum atomic E-state index is -0.434. The number of benzene rings is 1. The third kappa shape index (κ3) is 3.37. The van der Waals surface area contributed by atoms with Crippen molar-refractivity contribution >= 4 is 23.2 Å². The minimum absolute atomic E-state index is 0.434. The summed E-state index contributed by atoms with van der Waals surface area (Å²) in [5.74, 6) is 0.148. The van der Waals surface area contributed by atoms with Gasteiger partial charge in [-0.05, 0) is 50.0 Å². The van der Waals surface area contributed by atoms with Crippen molar-refractivity contribution in [3.05, 3.63) is 28.8 Å². The fourth-order valence-corrected chi connectivity index (χ4v) is 2.40. The minimum Gasteiger partial charge on any atom is -0.384 e. The summed E-state index contributed by atoms with van der Waals surface area (Å²) in [6.45, 7) is 2.94. The summed E-state index contributed by atoms with van der Waals surface area (Å²) in [5, 5.41) is 7.24. The van der Waals surface area contributed by atoms with Crippen molar-refractivity contribution < 1.29 is 4.79 Å². The van der Waals surface area contributed by atoms with E-state index in [0.717, 1.165) is 25.3 Å². The van der Waals surface area contributed by atoms with E-state index in [-0.39, 0.29) is 0 Å². The number of nitrogens with one attached hydrogen (secondary N) is 2. The fraction of sp³-hybridized carbons (Fsp3) is 0.462. The van der Waals surface area contributed by atoms with Gasteiger partial charge in [0, 0.05) is 17.3 Å². The number of amides is 1. The fourth-order valence-electron chi connectivity index (χ4n) is 2.23. The Morgan fingerprint density at radius 2 is 2.39 bits per heavy atom. The molecule has 0 saturated carbocycles. The summed E-state index contributed by atoms with van der Waals surface area (Å²) >= 11 is 5.94. The molecule has 1 aliphatic rings. The molecule has 1 heterocycles. The maximum atomic E-state index is 11.3. The van der Waals surface area contributed by atoms with Gasteiger partial charge in [0.2, 0.25) is 0 Å². The van der Waals surface area contributed by atoms with Crippen LogP contribution in [-0.2, 0) is 0 Å². The Morgan fingerprint density at radius 3 is 3.06 bits per heavy atom. The molecule has 0 bridgehead atoms. The first kappa shape index (κ1) is 13.2. The van der Waals surface area contributed by atoms with E-state index >= 15 is 0 Å². The first-order chi connectivity index (χ1) is 8.66. The molecule has 1 saturated heterocycles. The molecule has 1 aromatic rings. The summed E-state index contributed by atoms with van der Waals surface area (Å²) < 4.78 is 0. The van der Waals surface area contributed by atoms with Crippen LogP contribution >= 0.6 is 11.6 Å². The lowest BCUT2D eigenvalue weighted by Crippen LogP contribution is -2.33. The van der Waals surface area contributed by atoms with Crippen molar-refractivity contribution in [3.63, 3.8) is 0 Å². The van der Waals surface area contributed by atoms with Gasteiger partial charge in [0.25, 0.3) is 5.91 Å². The topological polar surface area (TPSA) is 67.2 Å². The SMILES string of the molecule is NC(=O)c1ccc(Cl)cc1NCC1CCCNC1. The highest BCUT2D eigenvalue weighted by Gasteiger charge is 2.14. The standard InChI is InChI=1S/C13H18ClN3O/c14-10-3-4-11(13(15)18)12(6-10)17-8-9-2-1-5-16-7-9/h3-4,6,9,16-17H,1-2,5,7-8H2,(H2,15,18). The molecular weight excluding hydrogens is 250 g/mol. The van der Waals surface area contributed by atoms with Crippen LogP contribution in [0.25, 0.3) is 0 Å². The second-order valence-electron chi connectivity index (χ2n) is 4.65. The average Bonchev–Trinajstić information content (AvgIpc) is 2.37. The number of primary amides is 1. The number of hydrogen-bond acceptors (Lipinski definition) is 3. The molecule has 1 fully saturated rings. The van der Waals surface area contributed by atoms with Gasteiger partial charge in [-0.15, -0.1) is 0 Å². The van der Waals surface area contributed by atoms with E-state index in [9.17, 15) is 4.79 Å². The van der Waals surface area contributed by atoms with Gasteiger partial charge in [0.15, 0.2) is 0 Å². The Labute approximate surface area is 112 Å². The van der Waals surface area contributed by atoms with Crippen LogP contribution in [0.2, 0.25) is 5.02 Å².